The van der Waals surface area contributed by atoms with Gasteiger partial charge in [0.05, 0.1) is 16.7 Å². The zero-order valence-corrected chi connectivity index (χ0v) is 18.8. The Hall–Kier alpha value is -3.74. The zero-order chi connectivity index (χ0) is 23.5. The highest BCUT2D eigenvalue weighted by Crippen LogP contribution is 2.22. The van der Waals surface area contributed by atoms with Gasteiger partial charge in [-0.1, -0.05) is 36.4 Å². The molecule has 1 saturated heterocycles. The lowest BCUT2D eigenvalue weighted by atomic mass is 10.1. The van der Waals surface area contributed by atoms with Crippen molar-refractivity contribution in [2.75, 3.05) is 31.1 Å². The van der Waals surface area contributed by atoms with Crippen LogP contribution in [0.25, 0.3) is 11.0 Å². The fraction of sp³-hybridized carbons (Fsp3) is 0.259. The summed E-state index contributed by atoms with van der Waals surface area (Å²) in [7, 11) is 0. The summed E-state index contributed by atoms with van der Waals surface area (Å²) in [5, 5.41) is 0. The predicted molar refractivity (Wildman–Crippen MR) is 129 cm³/mol. The number of piperazine rings is 1. The van der Waals surface area contributed by atoms with E-state index in [0.717, 1.165) is 22.4 Å². The van der Waals surface area contributed by atoms with E-state index in [4.69, 9.17) is 4.98 Å². The largest absolute Gasteiger partial charge is 0.366 e. The van der Waals surface area contributed by atoms with Crippen molar-refractivity contribution in [2.45, 2.75) is 19.4 Å². The van der Waals surface area contributed by atoms with Crippen molar-refractivity contribution >= 4 is 22.6 Å². The standard InChI is InChI=1S/C27H26F2N4O/c28-21-11-9-20(10-12-21)19-26-30-23-6-2-4-8-25(23)33(26)14-13-27(34)32-17-15-31(16-18-32)24-7-3-1-5-22(24)29/h1-12H,13-19H2. The maximum atomic E-state index is 14.1. The van der Waals surface area contributed by atoms with Gasteiger partial charge in [-0.15, -0.1) is 0 Å². The summed E-state index contributed by atoms with van der Waals surface area (Å²) in [6.45, 7) is 2.87. The van der Waals surface area contributed by atoms with Gasteiger partial charge in [-0.3, -0.25) is 4.79 Å². The summed E-state index contributed by atoms with van der Waals surface area (Å²) in [5.74, 6) is 0.435. The molecule has 1 fully saturated rings. The molecule has 5 rings (SSSR count). The van der Waals surface area contributed by atoms with Crippen LogP contribution < -0.4 is 4.90 Å². The molecule has 1 amide bonds. The number of hydrogen-bond acceptors (Lipinski definition) is 3. The van der Waals surface area contributed by atoms with Crippen LogP contribution in [0.4, 0.5) is 14.5 Å². The number of carbonyl (C=O) groups is 1. The average Bonchev–Trinajstić information content (AvgIpc) is 3.21. The number of aryl methyl sites for hydroxylation is 1. The maximum absolute atomic E-state index is 14.1. The number of rotatable bonds is 6. The van der Waals surface area contributed by atoms with Crippen molar-refractivity contribution in [1.29, 1.82) is 0 Å². The predicted octanol–water partition coefficient (Wildman–Crippen LogP) is 4.64. The molecule has 0 spiro atoms. The van der Waals surface area contributed by atoms with Crippen molar-refractivity contribution < 1.29 is 13.6 Å². The van der Waals surface area contributed by atoms with Gasteiger partial charge in [0.2, 0.25) is 5.91 Å². The topological polar surface area (TPSA) is 41.4 Å². The lowest BCUT2D eigenvalue weighted by Gasteiger charge is -2.36. The first-order chi connectivity index (χ1) is 16.6. The van der Waals surface area contributed by atoms with Crippen LogP contribution in [-0.2, 0) is 17.8 Å². The first kappa shape index (κ1) is 22.1. The van der Waals surface area contributed by atoms with Crippen molar-refractivity contribution in [2.24, 2.45) is 0 Å². The SMILES string of the molecule is O=C(CCn1c(Cc2ccc(F)cc2)nc2ccccc21)N1CCN(c2ccccc2F)CC1. The third-order valence-corrected chi connectivity index (χ3v) is 6.38. The Morgan fingerprint density at radius 2 is 1.56 bits per heavy atom. The Morgan fingerprint density at radius 3 is 2.32 bits per heavy atom. The number of anilines is 1. The third-order valence-electron chi connectivity index (χ3n) is 6.38. The summed E-state index contributed by atoms with van der Waals surface area (Å²) >= 11 is 0. The Morgan fingerprint density at radius 1 is 0.853 bits per heavy atom. The number of aromatic nitrogens is 2. The van der Waals surface area contributed by atoms with Crippen molar-refractivity contribution in [1.82, 2.24) is 14.5 Å². The van der Waals surface area contributed by atoms with Crippen molar-refractivity contribution in [3.63, 3.8) is 0 Å². The molecule has 0 radical (unpaired) electrons. The van der Waals surface area contributed by atoms with Gasteiger partial charge in [0, 0.05) is 45.6 Å². The number of imidazole rings is 1. The number of halogens is 2. The molecular weight excluding hydrogens is 434 g/mol. The van der Waals surface area contributed by atoms with E-state index in [9.17, 15) is 13.6 Å². The Kier molecular flexibility index (Phi) is 6.25. The fourth-order valence-electron chi connectivity index (χ4n) is 4.57. The van der Waals surface area contributed by atoms with Crippen LogP contribution in [0, 0.1) is 11.6 Å². The normalized spacial score (nSPS) is 14.1. The minimum absolute atomic E-state index is 0.0821. The number of hydrogen-bond donors (Lipinski definition) is 0. The van der Waals surface area contributed by atoms with E-state index in [0.29, 0.717) is 51.3 Å². The summed E-state index contributed by atoms with van der Waals surface area (Å²) in [5.41, 5.74) is 3.42. The molecule has 1 aliphatic heterocycles. The number of nitrogens with zero attached hydrogens (tertiary/aromatic N) is 4. The zero-order valence-electron chi connectivity index (χ0n) is 18.8. The summed E-state index contributed by atoms with van der Waals surface area (Å²) in [4.78, 5) is 21.6. The van der Waals surface area contributed by atoms with Crippen LogP contribution in [0.3, 0.4) is 0 Å². The molecule has 0 unspecified atom stereocenters. The van der Waals surface area contributed by atoms with Gasteiger partial charge in [0.25, 0.3) is 0 Å². The number of para-hydroxylation sites is 3. The lowest BCUT2D eigenvalue weighted by Crippen LogP contribution is -2.49. The highest BCUT2D eigenvalue weighted by Gasteiger charge is 2.23. The molecule has 0 N–H and O–H groups in total. The molecule has 5 nitrogen and oxygen atoms in total. The molecule has 1 aromatic heterocycles. The van der Waals surface area contributed by atoms with Gasteiger partial charge in [0.1, 0.15) is 17.5 Å². The first-order valence-corrected chi connectivity index (χ1v) is 11.5. The van der Waals surface area contributed by atoms with Crippen LogP contribution in [0.15, 0.2) is 72.8 Å². The van der Waals surface area contributed by atoms with E-state index in [1.807, 2.05) is 40.1 Å². The molecule has 7 heteroatoms. The minimum Gasteiger partial charge on any atom is -0.366 e. The second-order valence-electron chi connectivity index (χ2n) is 8.54. The molecule has 0 bridgehead atoms. The van der Waals surface area contributed by atoms with Gasteiger partial charge in [0.15, 0.2) is 0 Å². The van der Waals surface area contributed by atoms with Crippen LogP contribution in [0.5, 0.6) is 0 Å². The quantitative estimate of drug-likeness (QED) is 0.421. The number of amides is 1. The van der Waals surface area contributed by atoms with E-state index < -0.39 is 0 Å². The van der Waals surface area contributed by atoms with Crippen molar-refractivity contribution in [3.05, 3.63) is 95.8 Å². The van der Waals surface area contributed by atoms with Gasteiger partial charge in [-0.05, 0) is 42.0 Å². The number of benzene rings is 3. The molecule has 0 saturated carbocycles. The van der Waals surface area contributed by atoms with Crippen LogP contribution in [-0.4, -0.2) is 46.5 Å². The Balaban J connectivity index is 1.26. The van der Waals surface area contributed by atoms with E-state index in [2.05, 4.69) is 4.57 Å². The van der Waals surface area contributed by atoms with E-state index in [-0.39, 0.29) is 17.5 Å². The number of fused-ring (bicyclic) bond motifs is 1. The van der Waals surface area contributed by atoms with E-state index >= 15 is 0 Å². The molecule has 0 aliphatic carbocycles. The number of carbonyl (C=O) groups excluding carboxylic acids is 1. The summed E-state index contributed by atoms with van der Waals surface area (Å²) in [6.07, 6.45) is 0.918. The summed E-state index contributed by atoms with van der Waals surface area (Å²) < 4.78 is 29.5. The van der Waals surface area contributed by atoms with Gasteiger partial charge in [-0.2, -0.15) is 0 Å². The van der Waals surface area contributed by atoms with Crippen LogP contribution in [0.1, 0.15) is 17.8 Å². The van der Waals surface area contributed by atoms with Crippen molar-refractivity contribution in [3.8, 4) is 0 Å². The second kappa shape index (κ2) is 9.63. The molecule has 1 aliphatic rings. The van der Waals surface area contributed by atoms with Gasteiger partial charge >= 0.3 is 0 Å². The average molecular weight is 461 g/mol. The molecule has 174 valence electrons. The lowest BCUT2D eigenvalue weighted by molar-refractivity contribution is -0.131. The van der Waals surface area contributed by atoms with Gasteiger partial charge in [-0.25, -0.2) is 13.8 Å². The molecule has 4 aromatic rings. The maximum Gasteiger partial charge on any atom is 0.224 e. The third kappa shape index (κ3) is 4.64. The van der Waals surface area contributed by atoms with E-state index in [1.165, 1.54) is 18.2 Å². The van der Waals surface area contributed by atoms with E-state index in [1.54, 1.807) is 24.3 Å². The monoisotopic (exact) mass is 460 g/mol. The highest BCUT2D eigenvalue weighted by atomic mass is 19.1. The van der Waals surface area contributed by atoms with Crippen LogP contribution >= 0.6 is 0 Å². The fourth-order valence-corrected chi connectivity index (χ4v) is 4.57. The smallest absolute Gasteiger partial charge is 0.224 e. The molecule has 2 heterocycles. The minimum atomic E-state index is -0.266. The second-order valence-corrected chi connectivity index (χ2v) is 8.54. The highest BCUT2D eigenvalue weighted by molar-refractivity contribution is 5.78. The molecule has 34 heavy (non-hydrogen) atoms. The Labute approximate surface area is 197 Å². The van der Waals surface area contributed by atoms with Gasteiger partial charge < -0.3 is 14.4 Å². The van der Waals surface area contributed by atoms with Crippen LogP contribution in [0.2, 0.25) is 0 Å². The molecule has 0 atom stereocenters. The first-order valence-electron chi connectivity index (χ1n) is 11.5. The Bertz CT molecular complexity index is 1290. The molecular formula is C27H26F2N4O. The summed E-state index contributed by atoms with van der Waals surface area (Å²) in [6, 6.07) is 21.1. The molecule has 3 aromatic carbocycles.